The molecule has 5 aromatic rings. The Morgan fingerprint density at radius 1 is 1.00 bits per heavy atom. The highest BCUT2D eigenvalue weighted by Gasteiger charge is 2.24. The molecule has 0 atom stereocenters. The summed E-state index contributed by atoms with van der Waals surface area (Å²) in [5, 5.41) is 12.9. The maximum atomic E-state index is 12.6. The Morgan fingerprint density at radius 3 is 2.50 bits per heavy atom. The summed E-state index contributed by atoms with van der Waals surface area (Å²) in [7, 11) is 1.29. The third-order valence-corrected chi connectivity index (χ3v) is 6.53. The number of ether oxygens (including phenoxy) is 3. The lowest BCUT2D eigenvalue weighted by Crippen LogP contribution is -2.14. The van der Waals surface area contributed by atoms with Gasteiger partial charge in [0.25, 0.3) is 0 Å². The van der Waals surface area contributed by atoms with Crippen molar-refractivity contribution in [2.75, 3.05) is 19.0 Å². The Labute approximate surface area is 221 Å². The van der Waals surface area contributed by atoms with E-state index in [2.05, 4.69) is 14.1 Å². The molecule has 0 aliphatic heterocycles. The van der Waals surface area contributed by atoms with Gasteiger partial charge in [0.15, 0.2) is 0 Å². The smallest absolute Gasteiger partial charge is 0.453 e. The van der Waals surface area contributed by atoms with E-state index in [-0.39, 0.29) is 19.1 Å². The highest BCUT2D eigenvalue weighted by Crippen LogP contribution is 2.42. The quantitative estimate of drug-likeness (QED) is 0.261. The number of amides is 1. The standard InChI is InChI=1S/C27H24N4O6S/c1-3-36-27(34)37-25-24(18-7-4-16(15-32)5-8-18)20-13-19(28-26(33)35-2)9-11-23(20)31(25)14-17-6-10-21-22(12-17)30-38-29-21/h4-13,32H,3,14-15H2,1-2H3,(H,28,33). The van der Waals surface area contributed by atoms with Crippen molar-refractivity contribution in [1.29, 1.82) is 0 Å². The summed E-state index contributed by atoms with van der Waals surface area (Å²) in [5.74, 6) is 0.280. The van der Waals surface area contributed by atoms with Crippen molar-refractivity contribution in [2.45, 2.75) is 20.1 Å². The fourth-order valence-electron chi connectivity index (χ4n) is 4.23. The van der Waals surface area contributed by atoms with Gasteiger partial charge in [-0.2, -0.15) is 8.75 Å². The van der Waals surface area contributed by atoms with Crippen LogP contribution in [0.1, 0.15) is 18.1 Å². The van der Waals surface area contributed by atoms with E-state index in [1.807, 2.05) is 41.0 Å². The molecule has 38 heavy (non-hydrogen) atoms. The molecule has 0 aliphatic rings. The molecule has 2 N–H and O–H groups in total. The first kappa shape index (κ1) is 25.2. The summed E-state index contributed by atoms with van der Waals surface area (Å²) in [6, 6.07) is 18.5. The molecule has 10 nitrogen and oxygen atoms in total. The number of rotatable bonds is 7. The van der Waals surface area contributed by atoms with Crippen molar-refractivity contribution in [3.05, 3.63) is 71.8 Å². The number of nitrogens with zero attached hydrogens (tertiary/aromatic N) is 3. The lowest BCUT2D eigenvalue weighted by atomic mass is 10.0. The predicted molar refractivity (Wildman–Crippen MR) is 143 cm³/mol. The molecule has 11 heteroatoms. The van der Waals surface area contributed by atoms with Gasteiger partial charge in [-0.15, -0.1) is 0 Å². The van der Waals surface area contributed by atoms with Gasteiger partial charge in [-0.25, -0.2) is 9.59 Å². The van der Waals surface area contributed by atoms with E-state index in [9.17, 15) is 14.7 Å². The Bertz CT molecular complexity index is 1630. The number of anilines is 1. The third kappa shape index (κ3) is 5.01. The summed E-state index contributed by atoms with van der Waals surface area (Å²) in [6.45, 7) is 2.11. The van der Waals surface area contributed by atoms with Gasteiger partial charge in [0.2, 0.25) is 5.88 Å². The van der Waals surface area contributed by atoms with Crippen LogP contribution in [0.3, 0.4) is 0 Å². The van der Waals surface area contributed by atoms with Crippen LogP contribution in [0.2, 0.25) is 0 Å². The summed E-state index contributed by atoms with van der Waals surface area (Å²) < 4.78 is 26.2. The molecule has 3 aromatic carbocycles. The van der Waals surface area contributed by atoms with Crippen LogP contribution < -0.4 is 10.1 Å². The molecule has 0 saturated heterocycles. The minimum Gasteiger partial charge on any atom is -0.453 e. The van der Waals surface area contributed by atoms with Gasteiger partial charge in [-0.05, 0) is 53.9 Å². The largest absolute Gasteiger partial charge is 0.515 e. The van der Waals surface area contributed by atoms with Gasteiger partial charge in [0.1, 0.15) is 11.0 Å². The van der Waals surface area contributed by atoms with E-state index in [4.69, 9.17) is 14.2 Å². The molecule has 2 heterocycles. The molecule has 0 aliphatic carbocycles. The number of hydrogen-bond donors (Lipinski definition) is 2. The number of carbonyl (C=O) groups excluding carboxylic acids is 2. The highest BCUT2D eigenvalue weighted by molar-refractivity contribution is 7.00. The van der Waals surface area contributed by atoms with Crippen LogP contribution >= 0.6 is 11.7 Å². The number of aromatic nitrogens is 3. The SMILES string of the molecule is CCOC(=O)Oc1c(-c2ccc(CO)cc2)c2cc(NC(=O)OC)ccc2n1Cc1ccc2nsnc2c1. The van der Waals surface area contributed by atoms with Gasteiger partial charge in [0, 0.05) is 11.1 Å². The number of aliphatic hydroxyl groups excluding tert-OH is 1. The fraction of sp³-hybridized carbons (Fsp3) is 0.185. The number of hydrogen-bond acceptors (Lipinski definition) is 9. The Kier molecular flexibility index (Phi) is 7.20. The van der Waals surface area contributed by atoms with E-state index >= 15 is 0 Å². The van der Waals surface area contributed by atoms with Crippen molar-refractivity contribution in [3.63, 3.8) is 0 Å². The minimum absolute atomic E-state index is 0.102. The van der Waals surface area contributed by atoms with Crippen LogP contribution in [0, 0.1) is 0 Å². The molecule has 0 radical (unpaired) electrons. The van der Waals surface area contributed by atoms with E-state index in [0.29, 0.717) is 17.8 Å². The first-order valence-electron chi connectivity index (χ1n) is 11.8. The average Bonchev–Trinajstić information content (AvgIpc) is 3.51. The molecule has 0 bridgehead atoms. The lowest BCUT2D eigenvalue weighted by molar-refractivity contribution is 0.101. The second-order valence-corrected chi connectivity index (χ2v) is 8.87. The van der Waals surface area contributed by atoms with Crippen LogP contribution in [0.15, 0.2) is 60.7 Å². The zero-order valence-electron chi connectivity index (χ0n) is 20.6. The van der Waals surface area contributed by atoms with Gasteiger partial charge in [-0.3, -0.25) is 5.32 Å². The van der Waals surface area contributed by atoms with E-state index in [1.54, 1.807) is 31.2 Å². The van der Waals surface area contributed by atoms with E-state index in [1.165, 1.54) is 7.11 Å². The zero-order valence-corrected chi connectivity index (χ0v) is 21.4. The maximum absolute atomic E-state index is 12.6. The van der Waals surface area contributed by atoms with Crippen molar-refractivity contribution >= 4 is 51.6 Å². The maximum Gasteiger partial charge on any atom is 0.515 e. The number of carbonyl (C=O) groups is 2. The van der Waals surface area contributed by atoms with Crippen molar-refractivity contribution in [1.82, 2.24) is 13.3 Å². The fourth-order valence-corrected chi connectivity index (χ4v) is 4.75. The monoisotopic (exact) mass is 532 g/mol. The molecule has 0 spiro atoms. The van der Waals surface area contributed by atoms with Crippen LogP contribution in [0.25, 0.3) is 33.1 Å². The normalized spacial score (nSPS) is 11.0. The Hall–Kier alpha value is -4.48. The average molecular weight is 533 g/mol. The molecule has 2 aromatic heterocycles. The van der Waals surface area contributed by atoms with Crippen LogP contribution in [0.4, 0.5) is 15.3 Å². The summed E-state index contributed by atoms with van der Waals surface area (Å²) in [4.78, 5) is 24.5. The van der Waals surface area contributed by atoms with Crippen molar-refractivity contribution < 1.29 is 28.9 Å². The zero-order chi connectivity index (χ0) is 26.6. The second-order valence-electron chi connectivity index (χ2n) is 8.34. The molecule has 0 unspecified atom stereocenters. The summed E-state index contributed by atoms with van der Waals surface area (Å²) in [6.07, 6.45) is -1.44. The topological polar surface area (TPSA) is 125 Å². The molecule has 1 amide bonds. The molecule has 0 saturated carbocycles. The van der Waals surface area contributed by atoms with Gasteiger partial charge in [-0.1, -0.05) is 30.3 Å². The van der Waals surface area contributed by atoms with Crippen molar-refractivity contribution in [3.8, 4) is 17.0 Å². The van der Waals surface area contributed by atoms with Crippen molar-refractivity contribution in [2.24, 2.45) is 0 Å². The number of methoxy groups -OCH3 is 1. The van der Waals surface area contributed by atoms with Crippen LogP contribution in [-0.2, 0) is 22.6 Å². The number of fused-ring (bicyclic) bond motifs is 2. The molecule has 194 valence electrons. The van der Waals surface area contributed by atoms with Gasteiger partial charge < -0.3 is 23.9 Å². The molecule has 0 fully saturated rings. The molecular weight excluding hydrogens is 508 g/mol. The predicted octanol–water partition coefficient (Wildman–Crippen LogP) is 5.57. The van der Waals surface area contributed by atoms with Gasteiger partial charge in [0.05, 0.1) is 49.7 Å². The van der Waals surface area contributed by atoms with Crippen LogP contribution in [-0.4, -0.2) is 44.4 Å². The summed E-state index contributed by atoms with van der Waals surface area (Å²) in [5.41, 5.74) is 5.90. The molecular formula is C27H24N4O6S. The number of nitrogens with one attached hydrogen (secondary N) is 1. The summed E-state index contributed by atoms with van der Waals surface area (Å²) >= 11 is 1.14. The first-order valence-corrected chi connectivity index (χ1v) is 12.5. The van der Waals surface area contributed by atoms with E-state index in [0.717, 1.165) is 50.4 Å². The Balaban J connectivity index is 1.73. The number of benzene rings is 3. The van der Waals surface area contributed by atoms with E-state index < -0.39 is 12.2 Å². The number of aliphatic hydroxyl groups is 1. The first-order chi connectivity index (χ1) is 18.5. The lowest BCUT2D eigenvalue weighted by Gasteiger charge is -2.13. The Morgan fingerprint density at radius 2 is 1.76 bits per heavy atom. The molecule has 5 rings (SSSR count). The highest BCUT2D eigenvalue weighted by atomic mass is 32.1. The minimum atomic E-state index is -0.836. The third-order valence-electron chi connectivity index (χ3n) is 5.97. The van der Waals surface area contributed by atoms with Crippen LogP contribution in [0.5, 0.6) is 5.88 Å². The van der Waals surface area contributed by atoms with Gasteiger partial charge >= 0.3 is 12.2 Å². The second kappa shape index (κ2) is 10.9.